The minimum Gasteiger partial charge on any atom is -0.486 e. The molecule has 1 heterocycles. The first-order valence-corrected chi connectivity index (χ1v) is 9.47. The summed E-state index contributed by atoms with van der Waals surface area (Å²) in [7, 11) is 0. The van der Waals surface area contributed by atoms with Crippen LogP contribution in [-0.2, 0) is 0 Å². The van der Waals surface area contributed by atoms with E-state index in [1.165, 1.54) is 12.1 Å². The summed E-state index contributed by atoms with van der Waals surface area (Å²) in [5, 5.41) is 5.66. The number of carbonyl (C=O) groups excluding carboxylic acids is 1. The molecule has 30 heavy (non-hydrogen) atoms. The molecule has 2 atom stereocenters. The quantitative estimate of drug-likeness (QED) is 0.716. The van der Waals surface area contributed by atoms with Crippen LogP contribution in [0.3, 0.4) is 0 Å². The van der Waals surface area contributed by atoms with E-state index in [4.69, 9.17) is 9.47 Å². The smallest absolute Gasteiger partial charge is 0.422 e. The molecule has 1 aliphatic heterocycles. The Bertz CT molecular complexity index is 872. The second kappa shape index (κ2) is 9.15. The highest BCUT2D eigenvalue weighted by Gasteiger charge is 2.28. The molecule has 0 bridgehead atoms. The second-order valence-corrected chi connectivity index (χ2v) is 6.94. The van der Waals surface area contributed by atoms with Crippen LogP contribution in [0.5, 0.6) is 17.2 Å². The van der Waals surface area contributed by atoms with Crippen LogP contribution in [0.15, 0.2) is 42.5 Å². The Morgan fingerprint density at radius 3 is 2.17 bits per heavy atom. The molecule has 0 aromatic heterocycles. The van der Waals surface area contributed by atoms with Crippen molar-refractivity contribution in [1.82, 2.24) is 10.6 Å². The number of benzene rings is 2. The van der Waals surface area contributed by atoms with Crippen LogP contribution in [-0.4, -0.2) is 32.0 Å². The zero-order valence-electron chi connectivity index (χ0n) is 16.6. The van der Waals surface area contributed by atoms with Gasteiger partial charge in [0.1, 0.15) is 19.0 Å². The lowest BCUT2D eigenvalue weighted by Gasteiger charge is -2.22. The van der Waals surface area contributed by atoms with Crippen LogP contribution >= 0.6 is 0 Å². The SMILES string of the molecule is CC(NC(=O)NC(C)c1ccc2c(c1)OCCO2)c1ccc(OCC(F)(F)F)cc1. The molecule has 2 aromatic rings. The predicted molar refractivity (Wildman–Crippen MR) is 104 cm³/mol. The summed E-state index contributed by atoms with van der Waals surface area (Å²) >= 11 is 0. The van der Waals surface area contributed by atoms with Gasteiger partial charge < -0.3 is 24.8 Å². The molecule has 2 amide bonds. The molecule has 2 N–H and O–H groups in total. The average Bonchev–Trinajstić information content (AvgIpc) is 2.71. The van der Waals surface area contributed by atoms with Gasteiger partial charge in [-0.15, -0.1) is 0 Å². The summed E-state index contributed by atoms with van der Waals surface area (Å²) in [5.41, 5.74) is 1.60. The first-order chi connectivity index (χ1) is 14.2. The standard InChI is InChI=1S/C21H23F3N2O4/c1-13(15-3-6-17(7-4-15)30-12-21(22,23)24)25-20(27)26-14(2)16-5-8-18-19(11-16)29-10-9-28-18/h3-8,11,13-14H,9-10,12H2,1-2H3,(H2,25,26,27). The number of hydrogen-bond acceptors (Lipinski definition) is 4. The molecule has 6 nitrogen and oxygen atoms in total. The van der Waals surface area contributed by atoms with Gasteiger partial charge in [-0.3, -0.25) is 0 Å². The van der Waals surface area contributed by atoms with Crippen LogP contribution in [0.25, 0.3) is 0 Å². The maximum Gasteiger partial charge on any atom is 0.422 e. The number of halogens is 3. The van der Waals surface area contributed by atoms with Crippen LogP contribution in [0.2, 0.25) is 0 Å². The minimum absolute atomic E-state index is 0.111. The van der Waals surface area contributed by atoms with E-state index in [0.717, 1.165) is 11.1 Å². The van der Waals surface area contributed by atoms with Crippen molar-refractivity contribution in [2.75, 3.05) is 19.8 Å². The third-order valence-corrected chi connectivity index (χ3v) is 4.54. The normalized spacial score (nSPS) is 15.1. The number of alkyl halides is 3. The van der Waals surface area contributed by atoms with Crippen molar-refractivity contribution in [1.29, 1.82) is 0 Å². The maximum absolute atomic E-state index is 12.4. The Morgan fingerprint density at radius 2 is 1.53 bits per heavy atom. The van der Waals surface area contributed by atoms with Crippen molar-refractivity contribution < 1.29 is 32.2 Å². The first-order valence-electron chi connectivity index (χ1n) is 9.47. The largest absolute Gasteiger partial charge is 0.486 e. The first kappa shape index (κ1) is 21.6. The number of nitrogens with one attached hydrogen (secondary N) is 2. The number of hydrogen-bond donors (Lipinski definition) is 2. The van der Waals surface area contributed by atoms with Gasteiger partial charge >= 0.3 is 12.2 Å². The number of ether oxygens (including phenoxy) is 3. The molecule has 162 valence electrons. The summed E-state index contributed by atoms with van der Waals surface area (Å²) in [6.07, 6.45) is -4.39. The lowest BCUT2D eigenvalue weighted by Crippen LogP contribution is -2.38. The fraction of sp³-hybridized carbons (Fsp3) is 0.381. The number of amides is 2. The molecule has 0 fully saturated rings. The molecule has 0 radical (unpaired) electrons. The topological polar surface area (TPSA) is 68.8 Å². The number of rotatable bonds is 6. The van der Waals surface area contributed by atoms with Crippen molar-refractivity contribution in [2.24, 2.45) is 0 Å². The summed E-state index contributed by atoms with van der Waals surface area (Å²) in [4.78, 5) is 12.4. The zero-order valence-corrected chi connectivity index (χ0v) is 16.6. The Labute approximate surface area is 172 Å². The zero-order chi connectivity index (χ0) is 21.7. The summed E-state index contributed by atoms with van der Waals surface area (Å²) < 4.78 is 52.4. The van der Waals surface area contributed by atoms with E-state index in [1.807, 2.05) is 25.1 Å². The lowest BCUT2D eigenvalue weighted by molar-refractivity contribution is -0.153. The Balaban J connectivity index is 1.52. The van der Waals surface area contributed by atoms with E-state index in [0.29, 0.717) is 24.7 Å². The molecular formula is C21H23F3N2O4. The van der Waals surface area contributed by atoms with Gasteiger partial charge in [-0.1, -0.05) is 18.2 Å². The maximum atomic E-state index is 12.4. The van der Waals surface area contributed by atoms with Gasteiger partial charge in [-0.25, -0.2) is 4.79 Å². The highest BCUT2D eigenvalue weighted by atomic mass is 19.4. The number of urea groups is 1. The molecule has 0 saturated heterocycles. The van der Waals surface area contributed by atoms with E-state index in [-0.39, 0.29) is 23.9 Å². The molecule has 9 heteroatoms. The molecule has 2 aromatic carbocycles. The van der Waals surface area contributed by atoms with E-state index in [1.54, 1.807) is 19.1 Å². The Kier molecular flexibility index (Phi) is 6.59. The van der Waals surface area contributed by atoms with Gasteiger partial charge in [0.25, 0.3) is 0 Å². The molecule has 3 rings (SSSR count). The lowest BCUT2D eigenvalue weighted by atomic mass is 10.1. The van der Waals surface area contributed by atoms with Crippen molar-refractivity contribution in [3.8, 4) is 17.2 Å². The average molecular weight is 424 g/mol. The van der Waals surface area contributed by atoms with Crippen molar-refractivity contribution in [3.05, 3.63) is 53.6 Å². The monoisotopic (exact) mass is 424 g/mol. The Hall–Kier alpha value is -3.10. The third-order valence-electron chi connectivity index (χ3n) is 4.54. The fourth-order valence-corrected chi connectivity index (χ4v) is 2.95. The van der Waals surface area contributed by atoms with Gasteiger partial charge in [0, 0.05) is 0 Å². The van der Waals surface area contributed by atoms with Gasteiger partial charge in [0.05, 0.1) is 12.1 Å². The molecule has 2 unspecified atom stereocenters. The van der Waals surface area contributed by atoms with Gasteiger partial charge in [-0.05, 0) is 49.2 Å². The Morgan fingerprint density at radius 1 is 0.967 bits per heavy atom. The van der Waals surface area contributed by atoms with E-state index in [2.05, 4.69) is 15.4 Å². The van der Waals surface area contributed by atoms with E-state index in [9.17, 15) is 18.0 Å². The van der Waals surface area contributed by atoms with Crippen LogP contribution < -0.4 is 24.8 Å². The van der Waals surface area contributed by atoms with Gasteiger partial charge in [0.15, 0.2) is 18.1 Å². The van der Waals surface area contributed by atoms with Crippen LogP contribution in [0, 0.1) is 0 Å². The second-order valence-electron chi connectivity index (χ2n) is 6.94. The summed E-state index contributed by atoms with van der Waals surface area (Å²) in [5.74, 6) is 1.44. The highest BCUT2D eigenvalue weighted by molar-refractivity contribution is 5.75. The molecular weight excluding hydrogens is 401 g/mol. The van der Waals surface area contributed by atoms with Crippen LogP contribution in [0.1, 0.15) is 37.1 Å². The fourth-order valence-electron chi connectivity index (χ4n) is 2.95. The molecule has 0 aliphatic carbocycles. The van der Waals surface area contributed by atoms with Gasteiger partial charge in [-0.2, -0.15) is 13.2 Å². The molecule has 0 spiro atoms. The van der Waals surface area contributed by atoms with Crippen molar-refractivity contribution >= 4 is 6.03 Å². The molecule has 1 aliphatic rings. The van der Waals surface area contributed by atoms with Crippen LogP contribution in [0.4, 0.5) is 18.0 Å². The van der Waals surface area contributed by atoms with Gasteiger partial charge in [0.2, 0.25) is 0 Å². The highest BCUT2D eigenvalue weighted by Crippen LogP contribution is 2.32. The predicted octanol–water partition coefficient (Wildman–Crippen LogP) is 4.52. The third kappa shape index (κ3) is 5.95. The van der Waals surface area contributed by atoms with Crippen molar-refractivity contribution in [2.45, 2.75) is 32.1 Å². The summed E-state index contributed by atoms with van der Waals surface area (Å²) in [6.45, 7) is 3.27. The minimum atomic E-state index is -4.39. The van der Waals surface area contributed by atoms with E-state index < -0.39 is 12.8 Å². The molecule has 0 saturated carbocycles. The number of carbonyl (C=O) groups is 1. The van der Waals surface area contributed by atoms with E-state index >= 15 is 0 Å². The number of fused-ring (bicyclic) bond motifs is 1. The summed E-state index contributed by atoms with van der Waals surface area (Å²) in [6, 6.07) is 10.6. The van der Waals surface area contributed by atoms with Crippen molar-refractivity contribution in [3.63, 3.8) is 0 Å².